The summed E-state index contributed by atoms with van der Waals surface area (Å²) >= 11 is 0. The van der Waals surface area contributed by atoms with Gasteiger partial charge in [-0.05, 0) is 12.5 Å². The first kappa shape index (κ1) is 9.57. The Morgan fingerprint density at radius 3 is 3.15 bits per heavy atom. The van der Waals surface area contributed by atoms with E-state index in [1.807, 2.05) is 6.92 Å². The average molecular weight is 182 g/mol. The van der Waals surface area contributed by atoms with Crippen LogP contribution in [0.5, 0.6) is 0 Å². The average Bonchev–Trinajstić information content (AvgIpc) is 2.64. The summed E-state index contributed by atoms with van der Waals surface area (Å²) in [6.45, 7) is 3.02. The fourth-order valence-electron chi connectivity index (χ4n) is 0.857. The zero-order valence-corrected chi connectivity index (χ0v) is 7.63. The summed E-state index contributed by atoms with van der Waals surface area (Å²) in [6.07, 6.45) is 2.59. The lowest BCUT2D eigenvalue weighted by Crippen LogP contribution is -2.30. The molecule has 0 aromatic carbocycles. The summed E-state index contributed by atoms with van der Waals surface area (Å²) in [5.74, 6) is 0.753. The summed E-state index contributed by atoms with van der Waals surface area (Å²) in [5.41, 5.74) is 0. The summed E-state index contributed by atoms with van der Waals surface area (Å²) < 4.78 is 0. The van der Waals surface area contributed by atoms with Gasteiger partial charge in [-0.15, -0.1) is 0 Å². The molecule has 0 spiro atoms. The van der Waals surface area contributed by atoms with Crippen LogP contribution >= 0.6 is 0 Å². The number of hydrogen-bond donors (Lipinski definition) is 3. The van der Waals surface area contributed by atoms with E-state index in [1.54, 1.807) is 12.3 Å². The van der Waals surface area contributed by atoms with Crippen LogP contribution in [-0.4, -0.2) is 29.2 Å². The van der Waals surface area contributed by atoms with Gasteiger partial charge in [-0.25, -0.2) is 0 Å². The number of anilines is 1. The van der Waals surface area contributed by atoms with Gasteiger partial charge in [0.1, 0.15) is 5.82 Å². The quantitative estimate of drug-likeness (QED) is 0.615. The molecule has 0 aliphatic rings. The predicted octanol–water partition coefficient (Wildman–Crippen LogP) is 0.348. The molecule has 0 saturated heterocycles. The van der Waals surface area contributed by atoms with Gasteiger partial charge in [0.25, 0.3) is 0 Å². The fourth-order valence-corrected chi connectivity index (χ4v) is 0.857. The SMILES string of the molecule is CCCNC(=O)CNc1ccn[nH]1. The molecule has 72 valence electrons. The molecule has 0 aliphatic carbocycles. The van der Waals surface area contributed by atoms with Crippen molar-refractivity contribution < 1.29 is 4.79 Å². The topological polar surface area (TPSA) is 69.8 Å². The zero-order chi connectivity index (χ0) is 9.52. The van der Waals surface area contributed by atoms with Crippen LogP contribution in [0.3, 0.4) is 0 Å². The first-order valence-electron chi connectivity index (χ1n) is 4.33. The van der Waals surface area contributed by atoms with E-state index in [2.05, 4.69) is 20.8 Å². The third-order valence-corrected chi connectivity index (χ3v) is 1.51. The van der Waals surface area contributed by atoms with Crippen LogP contribution in [0, 0.1) is 0 Å². The maximum Gasteiger partial charge on any atom is 0.239 e. The van der Waals surface area contributed by atoms with Gasteiger partial charge in [0, 0.05) is 6.54 Å². The van der Waals surface area contributed by atoms with Crippen LogP contribution in [0.1, 0.15) is 13.3 Å². The molecule has 0 unspecified atom stereocenters. The summed E-state index contributed by atoms with van der Waals surface area (Å²) in [6, 6.07) is 1.77. The van der Waals surface area contributed by atoms with Crippen molar-refractivity contribution in [1.82, 2.24) is 15.5 Å². The Hall–Kier alpha value is -1.52. The molecule has 1 amide bonds. The number of nitrogens with zero attached hydrogens (tertiary/aromatic N) is 1. The second kappa shape index (κ2) is 5.18. The van der Waals surface area contributed by atoms with Crippen molar-refractivity contribution in [2.75, 3.05) is 18.4 Å². The highest BCUT2D eigenvalue weighted by Crippen LogP contribution is 1.96. The van der Waals surface area contributed by atoms with Crippen molar-refractivity contribution in [3.05, 3.63) is 12.3 Å². The van der Waals surface area contributed by atoms with E-state index in [-0.39, 0.29) is 12.5 Å². The van der Waals surface area contributed by atoms with E-state index >= 15 is 0 Å². The van der Waals surface area contributed by atoms with Gasteiger partial charge < -0.3 is 10.6 Å². The zero-order valence-electron chi connectivity index (χ0n) is 7.63. The van der Waals surface area contributed by atoms with Gasteiger partial charge in [0.05, 0.1) is 12.7 Å². The molecule has 1 heterocycles. The van der Waals surface area contributed by atoms with Crippen LogP contribution in [0.15, 0.2) is 12.3 Å². The van der Waals surface area contributed by atoms with Crippen LogP contribution in [-0.2, 0) is 4.79 Å². The number of aromatic amines is 1. The van der Waals surface area contributed by atoms with Crippen molar-refractivity contribution in [2.24, 2.45) is 0 Å². The maximum atomic E-state index is 11.1. The molecule has 5 heteroatoms. The fraction of sp³-hybridized carbons (Fsp3) is 0.500. The number of carbonyl (C=O) groups is 1. The molecular formula is C8H14N4O. The number of carbonyl (C=O) groups excluding carboxylic acids is 1. The van der Waals surface area contributed by atoms with Crippen molar-refractivity contribution in [2.45, 2.75) is 13.3 Å². The second-order valence-electron chi connectivity index (χ2n) is 2.67. The lowest BCUT2D eigenvalue weighted by molar-refractivity contribution is -0.119. The van der Waals surface area contributed by atoms with Gasteiger partial charge in [-0.2, -0.15) is 5.10 Å². The summed E-state index contributed by atoms with van der Waals surface area (Å²) in [7, 11) is 0. The Balaban J connectivity index is 2.15. The van der Waals surface area contributed by atoms with E-state index in [0.717, 1.165) is 18.8 Å². The second-order valence-corrected chi connectivity index (χ2v) is 2.67. The van der Waals surface area contributed by atoms with Crippen molar-refractivity contribution in [3.63, 3.8) is 0 Å². The minimum atomic E-state index is -0.00329. The predicted molar refractivity (Wildman–Crippen MR) is 50.4 cm³/mol. The molecule has 1 aromatic heterocycles. The minimum absolute atomic E-state index is 0.00329. The standard InChI is InChI=1S/C8H14N4O/c1-2-4-9-8(13)6-10-7-3-5-11-12-7/h3,5H,2,4,6H2,1H3,(H,9,13)(H2,10,11,12). The molecule has 13 heavy (non-hydrogen) atoms. The van der Waals surface area contributed by atoms with Crippen molar-refractivity contribution in [1.29, 1.82) is 0 Å². The van der Waals surface area contributed by atoms with Crippen LogP contribution in [0.25, 0.3) is 0 Å². The molecule has 1 rings (SSSR count). The summed E-state index contributed by atoms with van der Waals surface area (Å²) in [4.78, 5) is 11.1. The Kier molecular flexibility index (Phi) is 3.81. The molecule has 0 radical (unpaired) electrons. The van der Waals surface area contributed by atoms with Gasteiger partial charge in [-0.1, -0.05) is 6.92 Å². The highest BCUT2D eigenvalue weighted by Gasteiger charge is 1.99. The maximum absolute atomic E-state index is 11.1. The largest absolute Gasteiger partial charge is 0.361 e. The number of nitrogens with one attached hydrogen (secondary N) is 3. The number of H-pyrrole nitrogens is 1. The molecule has 0 aliphatic heterocycles. The molecule has 1 aromatic rings. The van der Waals surface area contributed by atoms with Crippen LogP contribution < -0.4 is 10.6 Å². The third-order valence-electron chi connectivity index (χ3n) is 1.51. The van der Waals surface area contributed by atoms with Gasteiger partial charge in [0.2, 0.25) is 5.91 Å². The number of aromatic nitrogens is 2. The first-order chi connectivity index (χ1) is 6.33. The van der Waals surface area contributed by atoms with Gasteiger partial charge >= 0.3 is 0 Å². The minimum Gasteiger partial charge on any atom is -0.361 e. The molecule has 0 fully saturated rings. The molecule has 3 N–H and O–H groups in total. The van der Waals surface area contributed by atoms with E-state index in [0.29, 0.717) is 0 Å². The van der Waals surface area contributed by atoms with E-state index in [9.17, 15) is 4.79 Å². The van der Waals surface area contributed by atoms with E-state index in [4.69, 9.17) is 0 Å². The van der Waals surface area contributed by atoms with Crippen LogP contribution in [0.2, 0.25) is 0 Å². The van der Waals surface area contributed by atoms with Crippen molar-refractivity contribution >= 4 is 11.7 Å². The monoisotopic (exact) mass is 182 g/mol. The molecule has 5 nitrogen and oxygen atoms in total. The highest BCUT2D eigenvalue weighted by atomic mass is 16.1. The molecule has 0 bridgehead atoms. The van der Waals surface area contributed by atoms with Crippen molar-refractivity contribution in [3.8, 4) is 0 Å². The summed E-state index contributed by atoms with van der Waals surface area (Å²) in [5, 5.41) is 12.1. The number of rotatable bonds is 5. The normalized spacial score (nSPS) is 9.62. The number of amides is 1. The highest BCUT2D eigenvalue weighted by molar-refractivity contribution is 5.80. The molecule has 0 atom stereocenters. The smallest absolute Gasteiger partial charge is 0.239 e. The Labute approximate surface area is 76.9 Å². The molecule has 0 saturated carbocycles. The lowest BCUT2D eigenvalue weighted by Gasteiger charge is -2.03. The Morgan fingerprint density at radius 2 is 2.54 bits per heavy atom. The Morgan fingerprint density at radius 1 is 1.69 bits per heavy atom. The van der Waals surface area contributed by atoms with Gasteiger partial charge in [-0.3, -0.25) is 9.89 Å². The van der Waals surface area contributed by atoms with Crippen LogP contribution in [0.4, 0.5) is 5.82 Å². The third kappa shape index (κ3) is 3.59. The number of hydrogen-bond acceptors (Lipinski definition) is 3. The van der Waals surface area contributed by atoms with E-state index < -0.39 is 0 Å². The Bertz CT molecular complexity index is 245. The van der Waals surface area contributed by atoms with E-state index in [1.165, 1.54) is 0 Å². The first-order valence-corrected chi connectivity index (χ1v) is 4.33. The lowest BCUT2D eigenvalue weighted by atomic mass is 10.4. The van der Waals surface area contributed by atoms with Gasteiger partial charge in [0.15, 0.2) is 0 Å². The molecular weight excluding hydrogens is 168 g/mol.